The van der Waals surface area contributed by atoms with Gasteiger partial charge < -0.3 is 10.4 Å². The van der Waals surface area contributed by atoms with Crippen LogP contribution in [0.25, 0.3) is 10.8 Å². The Bertz CT molecular complexity index is 772. The molecule has 3 rings (SSSR count). The minimum Gasteiger partial charge on any atom is -0.507 e. The van der Waals surface area contributed by atoms with Crippen molar-refractivity contribution >= 4 is 40.2 Å². The number of thiophene rings is 1. The highest BCUT2D eigenvalue weighted by atomic mass is 35.5. The van der Waals surface area contributed by atoms with Crippen molar-refractivity contribution in [1.29, 1.82) is 0 Å². The molecule has 1 heterocycles. The van der Waals surface area contributed by atoms with E-state index in [-0.39, 0.29) is 17.9 Å². The van der Waals surface area contributed by atoms with Gasteiger partial charge >= 0.3 is 0 Å². The van der Waals surface area contributed by atoms with E-state index < -0.39 is 0 Å². The lowest BCUT2D eigenvalue weighted by molar-refractivity contribution is 0.481. The zero-order valence-electron chi connectivity index (χ0n) is 13.4. The SMILES string of the molecule is CCCC(C)(Nc1cccc2c(O)cccc12)c1cccs1.Cl. The molecule has 0 fully saturated rings. The van der Waals surface area contributed by atoms with E-state index in [2.05, 4.69) is 48.8 Å². The molecule has 3 aromatic rings. The summed E-state index contributed by atoms with van der Waals surface area (Å²) in [6.07, 6.45) is 2.17. The molecule has 0 aliphatic rings. The number of nitrogens with one attached hydrogen (secondary N) is 1. The van der Waals surface area contributed by atoms with Gasteiger partial charge in [-0.3, -0.25) is 0 Å². The Morgan fingerprint density at radius 3 is 2.48 bits per heavy atom. The van der Waals surface area contributed by atoms with Gasteiger partial charge in [0.2, 0.25) is 0 Å². The van der Waals surface area contributed by atoms with Crippen LogP contribution in [0.1, 0.15) is 31.6 Å². The number of rotatable bonds is 5. The van der Waals surface area contributed by atoms with Crippen LogP contribution >= 0.6 is 23.7 Å². The summed E-state index contributed by atoms with van der Waals surface area (Å²) in [6.45, 7) is 4.46. The van der Waals surface area contributed by atoms with Crippen molar-refractivity contribution in [2.24, 2.45) is 0 Å². The minimum atomic E-state index is -0.0946. The molecule has 0 amide bonds. The Morgan fingerprint density at radius 2 is 1.78 bits per heavy atom. The van der Waals surface area contributed by atoms with Crippen LogP contribution in [0.2, 0.25) is 0 Å². The number of hydrogen-bond acceptors (Lipinski definition) is 3. The van der Waals surface area contributed by atoms with Crippen LogP contribution < -0.4 is 5.32 Å². The third kappa shape index (κ3) is 3.46. The Morgan fingerprint density at radius 1 is 1.04 bits per heavy atom. The average Bonchev–Trinajstić information content (AvgIpc) is 3.04. The molecular formula is C19H22ClNOS. The predicted octanol–water partition coefficient (Wildman–Crippen LogP) is 6.16. The van der Waals surface area contributed by atoms with Gasteiger partial charge in [-0.05, 0) is 36.9 Å². The van der Waals surface area contributed by atoms with Gasteiger partial charge in [-0.25, -0.2) is 0 Å². The van der Waals surface area contributed by atoms with Crippen molar-refractivity contribution < 1.29 is 5.11 Å². The lowest BCUT2D eigenvalue weighted by Gasteiger charge is -2.31. The van der Waals surface area contributed by atoms with E-state index in [1.54, 1.807) is 17.4 Å². The molecule has 0 spiro atoms. The highest BCUT2D eigenvalue weighted by molar-refractivity contribution is 7.10. The van der Waals surface area contributed by atoms with E-state index in [4.69, 9.17) is 0 Å². The normalized spacial score (nSPS) is 13.3. The van der Waals surface area contributed by atoms with Gasteiger partial charge in [0.1, 0.15) is 5.75 Å². The fourth-order valence-electron chi connectivity index (χ4n) is 3.04. The van der Waals surface area contributed by atoms with Crippen LogP contribution in [0.4, 0.5) is 5.69 Å². The van der Waals surface area contributed by atoms with Crippen molar-refractivity contribution in [2.75, 3.05) is 5.32 Å². The number of benzene rings is 2. The van der Waals surface area contributed by atoms with E-state index >= 15 is 0 Å². The predicted molar refractivity (Wildman–Crippen MR) is 103 cm³/mol. The number of fused-ring (bicyclic) bond motifs is 1. The molecule has 1 aromatic heterocycles. The molecule has 0 saturated carbocycles. The topological polar surface area (TPSA) is 32.3 Å². The van der Waals surface area contributed by atoms with E-state index in [1.807, 2.05) is 18.2 Å². The fourth-order valence-corrected chi connectivity index (χ4v) is 3.91. The number of aromatic hydroxyl groups is 1. The highest BCUT2D eigenvalue weighted by Gasteiger charge is 2.27. The van der Waals surface area contributed by atoms with E-state index in [0.29, 0.717) is 5.75 Å². The summed E-state index contributed by atoms with van der Waals surface area (Å²) in [5.74, 6) is 0.328. The molecule has 122 valence electrons. The summed E-state index contributed by atoms with van der Waals surface area (Å²) >= 11 is 1.79. The maximum absolute atomic E-state index is 10.1. The maximum atomic E-state index is 10.1. The molecule has 0 saturated heterocycles. The number of phenols is 1. The second kappa shape index (κ2) is 7.24. The lowest BCUT2D eigenvalue weighted by Crippen LogP contribution is -2.30. The number of anilines is 1. The number of halogens is 1. The second-order valence-corrected chi connectivity index (χ2v) is 6.81. The quantitative estimate of drug-likeness (QED) is 0.579. The Balaban J connectivity index is 0.00000192. The zero-order valence-corrected chi connectivity index (χ0v) is 15.0. The maximum Gasteiger partial charge on any atom is 0.123 e. The van der Waals surface area contributed by atoms with Gasteiger partial charge in [-0.1, -0.05) is 43.7 Å². The summed E-state index contributed by atoms with van der Waals surface area (Å²) in [5, 5.41) is 17.9. The summed E-state index contributed by atoms with van der Waals surface area (Å²) < 4.78 is 0. The summed E-state index contributed by atoms with van der Waals surface area (Å²) in [5.41, 5.74) is 0.973. The highest BCUT2D eigenvalue weighted by Crippen LogP contribution is 2.37. The molecular weight excluding hydrogens is 326 g/mol. The van der Waals surface area contributed by atoms with E-state index in [9.17, 15) is 5.11 Å². The van der Waals surface area contributed by atoms with Crippen molar-refractivity contribution in [3.8, 4) is 5.75 Å². The van der Waals surface area contributed by atoms with E-state index in [0.717, 1.165) is 29.3 Å². The van der Waals surface area contributed by atoms with Crippen molar-refractivity contribution in [3.63, 3.8) is 0 Å². The molecule has 0 aliphatic heterocycles. The monoisotopic (exact) mass is 347 g/mol. The van der Waals surface area contributed by atoms with E-state index in [1.165, 1.54) is 4.88 Å². The minimum absolute atomic E-state index is 0. The van der Waals surface area contributed by atoms with Crippen LogP contribution in [-0.4, -0.2) is 5.11 Å². The Hall–Kier alpha value is -1.71. The number of hydrogen-bond donors (Lipinski definition) is 2. The van der Waals surface area contributed by atoms with Gasteiger partial charge in [-0.15, -0.1) is 23.7 Å². The van der Waals surface area contributed by atoms with Gasteiger partial charge in [0.15, 0.2) is 0 Å². The molecule has 0 aliphatic carbocycles. The van der Waals surface area contributed by atoms with Crippen LogP contribution in [0, 0.1) is 0 Å². The largest absolute Gasteiger partial charge is 0.507 e. The first-order valence-electron chi connectivity index (χ1n) is 7.67. The third-order valence-corrected chi connectivity index (χ3v) is 5.26. The Kier molecular flexibility index (Phi) is 5.55. The van der Waals surface area contributed by atoms with Crippen LogP contribution in [0.5, 0.6) is 5.75 Å². The third-order valence-electron chi connectivity index (χ3n) is 4.12. The summed E-state index contributed by atoms with van der Waals surface area (Å²) in [4.78, 5) is 1.34. The summed E-state index contributed by atoms with van der Waals surface area (Å²) in [7, 11) is 0. The first-order chi connectivity index (χ1) is 10.6. The first-order valence-corrected chi connectivity index (χ1v) is 8.55. The molecule has 23 heavy (non-hydrogen) atoms. The molecule has 0 bridgehead atoms. The van der Waals surface area contributed by atoms with Crippen LogP contribution in [-0.2, 0) is 5.54 Å². The first kappa shape index (κ1) is 17.6. The number of phenolic OH excluding ortho intramolecular Hbond substituents is 1. The lowest BCUT2D eigenvalue weighted by atomic mass is 9.93. The molecule has 0 radical (unpaired) electrons. The molecule has 2 nitrogen and oxygen atoms in total. The second-order valence-electron chi connectivity index (χ2n) is 5.86. The van der Waals surface area contributed by atoms with Gasteiger partial charge in [0.05, 0.1) is 5.54 Å². The van der Waals surface area contributed by atoms with Gasteiger partial charge in [0.25, 0.3) is 0 Å². The molecule has 2 aromatic carbocycles. The molecule has 4 heteroatoms. The smallest absolute Gasteiger partial charge is 0.123 e. The molecule has 2 N–H and O–H groups in total. The van der Waals surface area contributed by atoms with Gasteiger partial charge in [-0.2, -0.15) is 0 Å². The zero-order chi connectivity index (χ0) is 15.6. The van der Waals surface area contributed by atoms with Gasteiger partial charge in [0, 0.05) is 21.3 Å². The van der Waals surface area contributed by atoms with Crippen molar-refractivity contribution in [2.45, 2.75) is 32.2 Å². The Labute approximate surface area is 147 Å². The van der Waals surface area contributed by atoms with Crippen LogP contribution in [0.15, 0.2) is 53.9 Å². The molecule has 1 atom stereocenters. The standard InChI is InChI=1S/C19H21NOS.ClH/c1-3-12-19(2,18-11-6-13-22-18)20-16-9-4-8-15-14(16)7-5-10-17(15)21;/h4-11,13,20-21H,3,12H2,1-2H3;1H. The molecule has 1 unspecified atom stereocenters. The summed E-state index contributed by atoms with van der Waals surface area (Å²) in [6, 6.07) is 16.0. The fraction of sp³-hybridized carbons (Fsp3) is 0.263. The van der Waals surface area contributed by atoms with Crippen molar-refractivity contribution in [3.05, 3.63) is 58.8 Å². The van der Waals surface area contributed by atoms with Crippen LogP contribution in [0.3, 0.4) is 0 Å². The van der Waals surface area contributed by atoms with Crippen molar-refractivity contribution in [1.82, 2.24) is 0 Å². The average molecular weight is 348 g/mol.